The van der Waals surface area contributed by atoms with Crippen molar-refractivity contribution in [1.82, 2.24) is 4.98 Å². The van der Waals surface area contributed by atoms with Crippen molar-refractivity contribution >= 4 is 15.9 Å². The van der Waals surface area contributed by atoms with Gasteiger partial charge in [-0.3, -0.25) is 0 Å². The lowest BCUT2D eigenvalue weighted by Gasteiger charge is -2.08. The van der Waals surface area contributed by atoms with Gasteiger partial charge in [-0.1, -0.05) is 28.1 Å². The highest BCUT2D eigenvalue weighted by Gasteiger charge is 2.03. The molecule has 0 bridgehead atoms. The van der Waals surface area contributed by atoms with Crippen LogP contribution in [-0.4, -0.2) is 4.98 Å². The van der Waals surface area contributed by atoms with E-state index >= 15 is 0 Å². The van der Waals surface area contributed by atoms with Gasteiger partial charge in [0.15, 0.2) is 0 Å². The van der Waals surface area contributed by atoms with E-state index in [9.17, 15) is 0 Å². The first-order valence-corrected chi connectivity index (χ1v) is 5.40. The van der Waals surface area contributed by atoms with Gasteiger partial charge in [-0.05, 0) is 25.1 Å². The smallest absolute Gasteiger partial charge is 0.219 e. The monoisotopic (exact) mass is 263 g/mol. The van der Waals surface area contributed by atoms with Crippen molar-refractivity contribution in [2.75, 3.05) is 0 Å². The van der Waals surface area contributed by atoms with E-state index in [1.807, 2.05) is 43.3 Å². The molecule has 0 fully saturated rings. The summed E-state index contributed by atoms with van der Waals surface area (Å²) in [7, 11) is 0. The number of rotatable bonds is 2. The quantitative estimate of drug-likeness (QED) is 0.819. The predicted molar refractivity (Wildman–Crippen MR) is 63.2 cm³/mol. The lowest BCUT2D eigenvalue weighted by atomic mass is 10.2. The van der Waals surface area contributed by atoms with Crippen molar-refractivity contribution in [2.24, 2.45) is 0 Å². The molecule has 0 saturated carbocycles. The maximum absolute atomic E-state index is 5.65. The van der Waals surface area contributed by atoms with E-state index in [1.165, 1.54) is 0 Å². The first-order valence-electron chi connectivity index (χ1n) is 4.61. The third kappa shape index (κ3) is 2.36. The Hall–Kier alpha value is -1.35. The molecular weight excluding hydrogens is 254 g/mol. The third-order valence-corrected chi connectivity index (χ3v) is 2.93. The molecule has 0 aliphatic rings. The van der Waals surface area contributed by atoms with Crippen molar-refractivity contribution in [2.45, 2.75) is 6.92 Å². The normalized spacial score (nSPS) is 10.0. The summed E-state index contributed by atoms with van der Waals surface area (Å²) in [4.78, 5) is 4.11. The van der Waals surface area contributed by atoms with E-state index in [-0.39, 0.29) is 0 Å². The summed E-state index contributed by atoms with van der Waals surface area (Å²) in [6, 6.07) is 11.4. The molecule has 0 aliphatic carbocycles. The molecule has 0 amide bonds. The lowest BCUT2D eigenvalue weighted by Crippen LogP contribution is -1.89. The summed E-state index contributed by atoms with van der Waals surface area (Å²) in [6.45, 7) is 2.00. The topological polar surface area (TPSA) is 22.1 Å². The van der Waals surface area contributed by atoms with Gasteiger partial charge in [0, 0.05) is 22.3 Å². The zero-order valence-electron chi connectivity index (χ0n) is 8.27. The maximum Gasteiger partial charge on any atom is 0.219 e. The number of hydrogen-bond donors (Lipinski definition) is 0. The highest BCUT2D eigenvalue weighted by Crippen LogP contribution is 2.28. The molecule has 2 rings (SSSR count). The number of nitrogens with zero attached hydrogens (tertiary/aromatic N) is 1. The number of halogens is 1. The second-order valence-corrected chi connectivity index (χ2v) is 3.99. The molecule has 2 nitrogen and oxygen atoms in total. The largest absolute Gasteiger partial charge is 0.439 e. The van der Waals surface area contributed by atoms with Gasteiger partial charge in [0.05, 0.1) is 0 Å². The zero-order valence-corrected chi connectivity index (χ0v) is 9.86. The fourth-order valence-corrected chi connectivity index (χ4v) is 1.57. The Morgan fingerprint density at radius 1 is 1.13 bits per heavy atom. The molecule has 3 heteroatoms. The van der Waals surface area contributed by atoms with Crippen LogP contribution < -0.4 is 4.74 Å². The van der Waals surface area contributed by atoms with Crippen LogP contribution in [0.5, 0.6) is 11.6 Å². The minimum absolute atomic E-state index is 0.610. The van der Waals surface area contributed by atoms with Crippen LogP contribution in [0.15, 0.2) is 47.1 Å². The molecule has 0 N–H and O–H groups in total. The molecule has 76 valence electrons. The van der Waals surface area contributed by atoms with Gasteiger partial charge >= 0.3 is 0 Å². The summed E-state index contributed by atoms with van der Waals surface area (Å²) in [5.74, 6) is 1.43. The van der Waals surface area contributed by atoms with Crippen molar-refractivity contribution < 1.29 is 4.74 Å². The molecule has 1 aromatic carbocycles. The Morgan fingerprint density at radius 2 is 2.00 bits per heavy atom. The molecule has 0 atom stereocenters. The van der Waals surface area contributed by atoms with E-state index in [2.05, 4.69) is 20.9 Å². The van der Waals surface area contributed by atoms with Gasteiger partial charge in [-0.25, -0.2) is 4.98 Å². The van der Waals surface area contributed by atoms with Crippen LogP contribution in [-0.2, 0) is 0 Å². The van der Waals surface area contributed by atoms with Gasteiger partial charge in [-0.2, -0.15) is 0 Å². The van der Waals surface area contributed by atoms with Crippen molar-refractivity contribution in [1.29, 1.82) is 0 Å². The van der Waals surface area contributed by atoms with Crippen LogP contribution in [0.1, 0.15) is 5.56 Å². The van der Waals surface area contributed by atoms with E-state index in [0.717, 1.165) is 15.8 Å². The summed E-state index contributed by atoms with van der Waals surface area (Å²) < 4.78 is 6.69. The highest BCUT2D eigenvalue weighted by atomic mass is 79.9. The fraction of sp³-hybridized carbons (Fsp3) is 0.0833. The van der Waals surface area contributed by atoms with Crippen LogP contribution >= 0.6 is 15.9 Å². The second kappa shape index (κ2) is 4.45. The van der Waals surface area contributed by atoms with Gasteiger partial charge in [-0.15, -0.1) is 0 Å². The first-order chi connectivity index (χ1) is 7.27. The number of aromatic nitrogens is 1. The standard InChI is InChI=1S/C12H10BrNO/c1-9-10(13)5-4-6-11(9)15-12-7-2-3-8-14-12/h2-8H,1H3. The van der Waals surface area contributed by atoms with Crippen molar-refractivity contribution in [3.8, 4) is 11.6 Å². The van der Waals surface area contributed by atoms with Crippen LogP contribution in [0, 0.1) is 6.92 Å². The molecule has 15 heavy (non-hydrogen) atoms. The number of pyridine rings is 1. The SMILES string of the molecule is Cc1c(Br)cccc1Oc1ccccn1. The van der Waals surface area contributed by atoms with Crippen LogP contribution in [0.4, 0.5) is 0 Å². The second-order valence-electron chi connectivity index (χ2n) is 3.13. The molecule has 0 saturated heterocycles. The average molecular weight is 264 g/mol. The Bertz CT molecular complexity index is 456. The summed E-state index contributed by atoms with van der Waals surface area (Å²) in [6.07, 6.45) is 1.71. The van der Waals surface area contributed by atoms with Gasteiger partial charge < -0.3 is 4.74 Å². The number of hydrogen-bond acceptors (Lipinski definition) is 2. The highest BCUT2D eigenvalue weighted by molar-refractivity contribution is 9.10. The van der Waals surface area contributed by atoms with Crippen LogP contribution in [0.3, 0.4) is 0 Å². The van der Waals surface area contributed by atoms with Crippen molar-refractivity contribution in [3.63, 3.8) is 0 Å². The Morgan fingerprint density at radius 3 is 2.73 bits per heavy atom. The van der Waals surface area contributed by atoms with E-state index in [0.29, 0.717) is 5.88 Å². The fourth-order valence-electron chi connectivity index (χ4n) is 1.22. The average Bonchev–Trinajstić information content (AvgIpc) is 2.26. The van der Waals surface area contributed by atoms with Gasteiger partial charge in [0.25, 0.3) is 0 Å². The van der Waals surface area contributed by atoms with E-state index < -0.39 is 0 Å². The molecule has 1 aromatic heterocycles. The lowest BCUT2D eigenvalue weighted by molar-refractivity contribution is 0.459. The molecule has 1 heterocycles. The van der Waals surface area contributed by atoms with Crippen LogP contribution in [0.25, 0.3) is 0 Å². The minimum atomic E-state index is 0.610. The minimum Gasteiger partial charge on any atom is -0.439 e. The maximum atomic E-state index is 5.65. The molecule has 0 radical (unpaired) electrons. The molecular formula is C12H10BrNO. The molecule has 0 unspecified atom stereocenters. The Balaban J connectivity index is 2.29. The number of ether oxygens (including phenoxy) is 1. The van der Waals surface area contributed by atoms with Crippen LogP contribution in [0.2, 0.25) is 0 Å². The Kier molecular flexibility index (Phi) is 3.02. The molecule has 2 aromatic rings. The summed E-state index contributed by atoms with van der Waals surface area (Å²) in [5, 5.41) is 0. The predicted octanol–water partition coefficient (Wildman–Crippen LogP) is 3.94. The molecule has 0 aliphatic heterocycles. The third-order valence-electron chi connectivity index (χ3n) is 2.07. The summed E-state index contributed by atoms with van der Waals surface area (Å²) in [5.41, 5.74) is 1.07. The first kappa shape index (κ1) is 10.2. The zero-order chi connectivity index (χ0) is 10.7. The summed E-state index contributed by atoms with van der Waals surface area (Å²) >= 11 is 3.46. The van der Waals surface area contributed by atoms with Crippen molar-refractivity contribution in [3.05, 3.63) is 52.6 Å². The van der Waals surface area contributed by atoms with Gasteiger partial charge in [0.1, 0.15) is 5.75 Å². The Labute approximate surface area is 97.1 Å². The van der Waals surface area contributed by atoms with Gasteiger partial charge in [0.2, 0.25) is 5.88 Å². The number of benzene rings is 1. The molecule has 0 spiro atoms. The van der Waals surface area contributed by atoms with E-state index in [4.69, 9.17) is 4.74 Å². The van der Waals surface area contributed by atoms with E-state index in [1.54, 1.807) is 6.20 Å².